The van der Waals surface area contributed by atoms with Crippen molar-refractivity contribution in [2.75, 3.05) is 18.0 Å². The molecule has 3 rings (SSSR count). The Morgan fingerprint density at radius 3 is 2.72 bits per heavy atom. The third-order valence-electron chi connectivity index (χ3n) is 3.92. The third-order valence-corrected chi connectivity index (χ3v) is 4.22. The first-order valence-corrected chi connectivity index (χ1v) is 7.90. The van der Waals surface area contributed by atoms with E-state index in [0.29, 0.717) is 35.8 Å². The van der Waals surface area contributed by atoms with E-state index in [-0.39, 0.29) is 12.0 Å². The van der Waals surface area contributed by atoms with E-state index in [0.717, 1.165) is 12.3 Å². The molecule has 0 aliphatic carbocycles. The summed E-state index contributed by atoms with van der Waals surface area (Å²) in [6, 6.07) is 9.37. The fraction of sp³-hybridized carbons (Fsp3) is 0.294. The number of ether oxygens (including phenoxy) is 1. The number of benzene rings is 1. The predicted octanol–water partition coefficient (Wildman–Crippen LogP) is 4.28. The van der Waals surface area contributed by atoms with Crippen molar-refractivity contribution in [1.29, 1.82) is 5.26 Å². The summed E-state index contributed by atoms with van der Waals surface area (Å²) in [5, 5.41) is 9.71. The lowest BCUT2D eigenvalue weighted by molar-refractivity contribution is -0.137. The van der Waals surface area contributed by atoms with Gasteiger partial charge in [0.1, 0.15) is 12.2 Å². The number of rotatable bonds is 3. The van der Waals surface area contributed by atoms with E-state index in [9.17, 15) is 18.4 Å². The highest BCUT2D eigenvalue weighted by molar-refractivity contribution is 6.33. The third kappa shape index (κ3) is 3.80. The molecule has 2 aromatic rings. The largest absolute Gasteiger partial charge is 0.472 e. The fourth-order valence-corrected chi connectivity index (χ4v) is 3.04. The summed E-state index contributed by atoms with van der Waals surface area (Å²) in [7, 11) is 0. The standard InChI is InChI=1S/C17H13ClF3N3O/c18-14-3-1-2-11(8-22)16(14)24-7-6-13(10-24)25-15-5-4-12(9-23-15)17(19,20)21/h1-5,9,13H,6-7,10H2/t13-/m1/s1. The Bertz CT molecular complexity index is 802. The molecule has 0 spiro atoms. The second-order valence-electron chi connectivity index (χ2n) is 5.61. The van der Waals surface area contributed by atoms with Crippen LogP contribution in [0.15, 0.2) is 36.5 Å². The second kappa shape index (κ2) is 6.81. The Hall–Kier alpha value is -2.46. The Balaban J connectivity index is 1.69. The fourth-order valence-electron chi connectivity index (χ4n) is 2.74. The van der Waals surface area contributed by atoms with Gasteiger partial charge in [-0.05, 0) is 18.2 Å². The first-order valence-electron chi connectivity index (χ1n) is 7.52. The van der Waals surface area contributed by atoms with Crippen LogP contribution in [0, 0.1) is 11.3 Å². The molecule has 1 fully saturated rings. The van der Waals surface area contributed by atoms with Crippen molar-refractivity contribution in [3.8, 4) is 11.9 Å². The predicted molar refractivity (Wildman–Crippen MR) is 86.7 cm³/mol. The molecule has 1 atom stereocenters. The van der Waals surface area contributed by atoms with Gasteiger partial charge in [0, 0.05) is 25.2 Å². The van der Waals surface area contributed by atoms with Crippen molar-refractivity contribution < 1.29 is 17.9 Å². The highest BCUT2D eigenvalue weighted by Gasteiger charge is 2.31. The van der Waals surface area contributed by atoms with Crippen LogP contribution in [-0.2, 0) is 6.18 Å². The lowest BCUT2D eigenvalue weighted by Crippen LogP contribution is -2.25. The average molecular weight is 368 g/mol. The van der Waals surface area contributed by atoms with E-state index in [1.807, 2.05) is 4.90 Å². The first kappa shape index (κ1) is 17.4. The number of alkyl halides is 3. The van der Waals surface area contributed by atoms with Crippen LogP contribution in [0.25, 0.3) is 0 Å². The molecule has 25 heavy (non-hydrogen) atoms. The molecule has 0 radical (unpaired) electrons. The molecular formula is C17H13ClF3N3O. The number of anilines is 1. The Kier molecular flexibility index (Phi) is 4.73. The van der Waals surface area contributed by atoms with E-state index in [4.69, 9.17) is 16.3 Å². The maximum atomic E-state index is 12.5. The van der Waals surface area contributed by atoms with Gasteiger partial charge in [-0.1, -0.05) is 17.7 Å². The lowest BCUT2D eigenvalue weighted by atomic mass is 10.2. The molecule has 1 aliphatic heterocycles. The number of nitrogens with zero attached hydrogens (tertiary/aromatic N) is 3. The van der Waals surface area contributed by atoms with E-state index in [2.05, 4.69) is 11.1 Å². The van der Waals surface area contributed by atoms with Crippen molar-refractivity contribution in [2.24, 2.45) is 0 Å². The van der Waals surface area contributed by atoms with Crippen molar-refractivity contribution in [3.05, 3.63) is 52.7 Å². The molecule has 0 bridgehead atoms. The molecule has 130 valence electrons. The van der Waals surface area contributed by atoms with Gasteiger partial charge in [0.05, 0.1) is 28.4 Å². The normalized spacial score (nSPS) is 17.4. The number of hydrogen-bond donors (Lipinski definition) is 0. The van der Waals surface area contributed by atoms with E-state index in [1.54, 1.807) is 18.2 Å². The molecule has 1 aromatic heterocycles. The zero-order valence-electron chi connectivity index (χ0n) is 12.9. The van der Waals surface area contributed by atoms with E-state index >= 15 is 0 Å². The zero-order chi connectivity index (χ0) is 18.0. The Morgan fingerprint density at radius 2 is 2.08 bits per heavy atom. The van der Waals surface area contributed by atoms with E-state index in [1.165, 1.54) is 6.07 Å². The SMILES string of the molecule is N#Cc1cccc(Cl)c1N1CC[C@@H](Oc2ccc(C(F)(F)F)cn2)C1. The summed E-state index contributed by atoms with van der Waals surface area (Å²) in [6.07, 6.45) is -3.26. The smallest absolute Gasteiger partial charge is 0.417 e. The van der Waals surface area contributed by atoms with Crippen molar-refractivity contribution in [3.63, 3.8) is 0 Å². The maximum absolute atomic E-state index is 12.5. The van der Waals surface area contributed by atoms with Gasteiger partial charge in [-0.25, -0.2) is 4.98 Å². The number of para-hydroxylation sites is 1. The van der Waals surface area contributed by atoms with Crippen LogP contribution in [-0.4, -0.2) is 24.2 Å². The molecule has 0 saturated carbocycles. The van der Waals surface area contributed by atoms with Crippen molar-refractivity contribution in [2.45, 2.75) is 18.7 Å². The highest BCUT2D eigenvalue weighted by Crippen LogP contribution is 2.33. The number of hydrogen-bond acceptors (Lipinski definition) is 4. The molecular weight excluding hydrogens is 355 g/mol. The molecule has 1 saturated heterocycles. The quantitative estimate of drug-likeness (QED) is 0.812. The van der Waals surface area contributed by atoms with Gasteiger partial charge in [0.25, 0.3) is 0 Å². The summed E-state index contributed by atoms with van der Waals surface area (Å²) in [5.74, 6) is 0.138. The van der Waals surface area contributed by atoms with Crippen LogP contribution in [0.1, 0.15) is 17.5 Å². The summed E-state index contributed by atoms with van der Waals surface area (Å²) < 4.78 is 43.3. The van der Waals surface area contributed by atoms with Gasteiger partial charge in [-0.3, -0.25) is 0 Å². The van der Waals surface area contributed by atoms with E-state index < -0.39 is 11.7 Å². The van der Waals surface area contributed by atoms with Gasteiger partial charge in [0.2, 0.25) is 5.88 Å². The first-order chi connectivity index (χ1) is 11.9. The summed E-state index contributed by atoms with van der Waals surface area (Å²) in [5.41, 5.74) is 0.307. The van der Waals surface area contributed by atoms with Crippen LogP contribution >= 0.6 is 11.6 Å². The summed E-state index contributed by atoms with van der Waals surface area (Å²) in [6.45, 7) is 1.10. The summed E-state index contributed by atoms with van der Waals surface area (Å²) in [4.78, 5) is 5.66. The minimum atomic E-state index is -4.42. The molecule has 4 nitrogen and oxygen atoms in total. The van der Waals surface area contributed by atoms with Crippen LogP contribution in [0.2, 0.25) is 5.02 Å². The number of nitriles is 1. The molecule has 1 aromatic carbocycles. The van der Waals surface area contributed by atoms with Crippen molar-refractivity contribution in [1.82, 2.24) is 4.98 Å². The van der Waals surface area contributed by atoms with Gasteiger partial charge < -0.3 is 9.64 Å². The van der Waals surface area contributed by atoms with Gasteiger partial charge in [0.15, 0.2) is 0 Å². The number of aromatic nitrogens is 1. The average Bonchev–Trinajstić information content (AvgIpc) is 3.02. The zero-order valence-corrected chi connectivity index (χ0v) is 13.7. The minimum absolute atomic E-state index is 0.138. The van der Waals surface area contributed by atoms with Gasteiger partial charge in [-0.2, -0.15) is 18.4 Å². The minimum Gasteiger partial charge on any atom is -0.472 e. The van der Waals surface area contributed by atoms with Crippen LogP contribution in [0.5, 0.6) is 5.88 Å². The molecule has 0 N–H and O–H groups in total. The number of pyridine rings is 1. The van der Waals surface area contributed by atoms with Crippen LogP contribution in [0.3, 0.4) is 0 Å². The lowest BCUT2D eigenvalue weighted by Gasteiger charge is -2.21. The van der Waals surface area contributed by atoms with Crippen LogP contribution in [0.4, 0.5) is 18.9 Å². The molecule has 2 heterocycles. The van der Waals surface area contributed by atoms with Crippen molar-refractivity contribution >= 4 is 17.3 Å². The molecule has 1 aliphatic rings. The second-order valence-corrected chi connectivity index (χ2v) is 6.01. The highest BCUT2D eigenvalue weighted by atomic mass is 35.5. The molecule has 0 amide bonds. The maximum Gasteiger partial charge on any atom is 0.417 e. The number of halogens is 4. The summed E-state index contributed by atoms with van der Waals surface area (Å²) >= 11 is 6.20. The Labute approximate surface area is 147 Å². The topological polar surface area (TPSA) is 49.2 Å². The van der Waals surface area contributed by atoms with Crippen LogP contribution < -0.4 is 9.64 Å². The molecule has 0 unspecified atom stereocenters. The van der Waals surface area contributed by atoms with Gasteiger partial charge >= 0.3 is 6.18 Å². The van der Waals surface area contributed by atoms with Gasteiger partial charge in [-0.15, -0.1) is 0 Å². The monoisotopic (exact) mass is 367 g/mol. The Morgan fingerprint density at radius 1 is 1.28 bits per heavy atom. The molecule has 8 heteroatoms.